The first-order valence-corrected chi connectivity index (χ1v) is 11.8. The van der Waals surface area contributed by atoms with Gasteiger partial charge < -0.3 is 10.1 Å². The zero-order valence-electron chi connectivity index (χ0n) is 16.8. The minimum Gasteiger partial charge on any atom is -0.482 e. The number of sulfonamides is 1. The van der Waals surface area contributed by atoms with Crippen molar-refractivity contribution in [3.05, 3.63) is 81.3 Å². The molecule has 0 bridgehead atoms. The number of rotatable bonds is 7. The van der Waals surface area contributed by atoms with E-state index in [4.69, 9.17) is 39.5 Å². The summed E-state index contributed by atoms with van der Waals surface area (Å²) in [5.74, 6) is -0.555. The Morgan fingerprint density at radius 2 is 1.68 bits per heavy atom. The van der Waals surface area contributed by atoms with Crippen LogP contribution in [-0.2, 0) is 21.0 Å². The number of ether oxygens (including phenoxy) is 1. The molecule has 0 spiro atoms. The zero-order valence-corrected chi connectivity index (χ0v) is 19.9. The van der Waals surface area contributed by atoms with Crippen molar-refractivity contribution in [3.8, 4) is 5.75 Å². The molecule has 1 amide bonds. The van der Waals surface area contributed by atoms with Crippen molar-refractivity contribution in [1.29, 1.82) is 0 Å². The summed E-state index contributed by atoms with van der Waals surface area (Å²) in [6.45, 7) is -0.465. The van der Waals surface area contributed by atoms with Crippen LogP contribution in [0.4, 0.5) is 24.5 Å². The minimum absolute atomic E-state index is 0.0111. The summed E-state index contributed by atoms with van der Waals surface area (Å²) in [6.07, 6.45) is -4.63. The summed E-state index contributed by atoms with van der Waals surface area (Å²) in [6, 6.07) is 11.6. The Morgan fingerprint density at radius 1 is 0.941 bits per heavy atom. The number of alkyl halides is 3. The second-order valence-corrected chi connectivity index (χ2v) is 9.67. The molecule has 0 fully saturated rings. The lowest BCUT2D eigenvalue weighted by atomic mass is 10.2. The molecule has 0 atom stereocenters. The van der Waals surface area contributed by atoms with Crippen molar-refractivity contribution < 1.29 is 31.1 Å². The van der Waals surface area contributed by atoms with Gasteiger partial charge in [0.05, 0.1) is 26.2 Å². The van der Waals surface area contributed by atoms with Crippen molar-refractivity contribution >= 4 is 62.1 Å². The fraction of sp³-hybridized carbons (Fsp3) is 0.0952. The third-order valence-electron chi connectivity index (χ3n) is 4.22. The number of amides is 1. The van der Waals surface area contributed by atoms with Crippen LogP contribution in [0.15, 0.2) is 65.6 Å². The molecule has 3 rings (SSSR count). The van der Waals surface area contributed by atoms with Gasteiger partial charge in [0.2, 0.25) is 0 Å². The number of benzene rings is 3. The van der Waals surface area contributed by atoms with Gasteiger partial charge in [0.25, 0.3) is 15.9 Å². The maximum atomic E-state index is 12.9. The van der Waals surface area contributed by atoms with Crippen LogP contribution in [-0.4, -0.2) is 20.9 Å². The van der Waals surface area contributed by atoms with E-state index in [9.17, 15) is 26.4 Å². The molecule has 0 radical (unpaired) electrons. The highest BCUT2D eigenvalue weighted by Gasteiger charge is 2.30. The highest BCUT2D eigenvalue weighted by molar-refractivity contribution is 7.92. The van der Waals surface area contributed by atoms with Crippen molar-refractivity contribution in [3.63, 3.8) is 0 Å². The molecule has 0 aromatic heterocycles. The molecule has 3 aromatic carbocycles. The Balaban J connectivity index is 1.67. The van der Waals surface area contributed by atoms with Gasteiger partial charge in [0.15, 0.2) is 6.61 Å². The SMILES string of the molecule is O=C(COc1ccc(S(=O)(=O)Nc2cccc(C(F)(F)F)c2)cc1Cl)Nc1ccc(Cl)cc1Cl. The second kappa shape index (κ2) is 10.3. The Bertz CT molecular complexity index is 1340. The number of anilines is 2. The van der Waals surface area contributed by atoms with E-state index >= 15 is 0 Å². The minimum atomic E-state index is -4.63. The maximum absolute atomic E-state index is 12.9. The number of halogens is 6. The third-order valence-corrected chi connectivity index (χ3v) is 6.44. The monoisotopic (exact) mass is 552 g/mol. The maximum Gasteiger partial charge on any atom is 0.416 e. The highest BCUT2D eigenvalue weighted by atomic mass is 35.5. The largest absolute Gasteiger partial charge is 0.482 e. The fourth-order valence-electron chi connectivity index (χ4n) is 2.66. The van der Waals surface area contributed by atoms with Crippen LogP contribution in [0.5, 0.6) is 5.75 Å². The van der Waals surface area contributed by atoms with Gasteiger partial charge in [-0.1, -0.05) is 40.9 Å². The number of carbonyl (C=O) groups is 1. The molecule has 0 unspecified atom stereocenters. The predicted molar refractivity (Wildman–Crippen MR) is 124 cm³/mol. The lowest BCUT2D eigenvalue weighted by Gasteiger charge is -2.13. The predicted octanol–water partition coefficient (Wildman–Crippen LogP) is 6.48. The number of carbonyl (C=O) groups excluding carboxylic acids is 1. The van der Waals surface area contributed by atoms with Crippen molar-refractivity contribution in [1.82, 2.24) is 0 Å². The van der Waals surface area contributed by atoms with E-state index in [2.05, 4.69) is 10.0 Å². The summed E-state index contributed by atoms with van der Waals surface area (Å²) in [4.78, 5) is 11.8. The van der Waals surface area contributed by atoms with Gasteiger partial charge in [-0.2, -0.15) is 13.2 Å². The molecule has 6 nitrogen and oxygen atoms in total. The quantitative estimate of drug-likeness (QED) is 0.351. The lowest BCUT2D eigenvalue weighted by molar-refractivity contribution is -0.137. The number of hydrogen-bond donors (Lipinski definition) is 2. The lowest BCUT2D eigenvalue weighted by Crippen LogP contribution is -2.20. The number of nitrogens with one attached hydrogen (secondary N) is 2. The molecule has 13 heteroatoms. The van der Waals surface area contributed by atoms with Gasteiger partial charge in [0.1, 0.15) is 5.75 Å². The first-order chi connectivity index (χ1) is 15.8. The van der Waals surface area contributed by atoms with Crippen LogP contribution in [0.2, 0.25) is 15.1 Å². The summed E-state index contributed by atoms with van der Waals surface area (Å²) in [7, 11) is -4.26. The van der Waals surface area contributed by atoms with Crippen molar-refractivity contribution in [2.45, 2.75) is 11.1 Å². The van der Waals surface area contributed by atoms with E-state index < -0.39 is 34.3 Å². The van der Waals surface area contributed by atoms with Gasteiger partial charge in [-0.05, 0) is 54.6 Å². The Kier molecular flexibility index (Phi) is 7.87. The van der Waals surface area contributed by atoms with E-state index in [0.717, 1.165) is 24.3 Å². The van der Waals surface area contributed by atoms with Gasteiger partial charge in [0, 0.05) is 10.7 Å². The molecular formula is C21H14Cl3F3N2O4S. The van der Waals surface area contributed by atoms with Crippen molar-refractivity contribution in [2.75, 3.05) is 16.6 Å². The highest BCUT2D eigenvalue weighted by Crippen LogP contribution is 2.32. The number of hydrogen-bond acceptors (Lipinski definition) is 4. The zero-order chi connectivity index (χ0) is 25.1. The third kappa shape index (κ3) is 6.69. The Morgan fingerprint density at radius 3 is 2.32 bits per heavy atom. The van der Waals surface area contributed by atoms with Gasteiger partial charge in [-0.3, -0.25) is 9.52 Å². The first kappa shape index (κ1) is 26.0. The van der Waals surface area contributed by atoms with Crippen LogP contribution in [0, 0.1) is 0 Å². The first-order valence-electron chi connectivity index (χ1n) is 9.22. The molecule has 0 saturated carbocycles. The second-order valence-electron chi connectivity index (χ2n) is 6.74. The standard InChI is InChI=1S/C21H14Cl3F3N2O4S/c22-13-4-6-18(16(23)9-13)28-20(30)11-33-19-7-5-15(10-17(19)24)34(31,32)29-14-3-1-2-12(8-14)21(25,26)27/h1-10,29H,11H2,(H,28,30). The molecule has 0 heterocycles. The van der Waals surface area contributed by atoms with Gasteiger partial charge >= 0.3 is 6.18 Å². The molecule has 0 aliphatic heterocycles. The molecule has 3 aromatic rings. The van der Waals surface area contributed by atoms with Crippen LogP contribution in [0.1, 0.15) is 5.56 Å². The molecule has 0 aliphatic carbocycles. The van der Waals surface area contributed by atoms with Crippen LogP contribution >= 0.6 is 34.8 Å². The molecule has 0 saturated heterocycles. The summed E-state index contributed by atoms with van der Waals surface area (Å²) in [5.41, 5.74) is -0.968. The van der Waals surface area contributed by atoms with Crippen LogP contribution < -0.4 is 14.8 Å². The summed E-state index contributed by atoms with van der Waals surface area (Å²) >= 11 is 17.9. The molecule has 2 N–H and O–H groups in total. The molecule has 34 heavy (non-hydrogen) atoms. The summed E-state index contributed by atoms with van der Waals surface area (Å²) < 4.78 is 71.1. The van der Waals surface area contributed by atoms with E-state index in [1.165, 1.54) is 30.3 Å². The van der Waals surface area contributed by atoms with E-state index in [0.29, 0.717) is 16.8 Å². The normalized spacial score (nSPS) is 11.7. The Hall–Kier alpha value is -2.66. The van der Waals surface area contributed by atoms with E-state index in [1.807, 2.05) is 0 Å². The van der Waals surface area contributed by atoms with Gasteiger partial charge in [-0.25, -0.2) is 8.42 Å². The smallest absolute Gasteiger partial charge is 0.416 e. The van der Waals surface area contributed by atoms with Crippen LogP contribution in [0.3, 0.4) is 0 Å². The average Bonchev–Trinajstić information content (AvgIpc) is 2.74. The molecule has 0 aliphatic rings. The Labute approximate surface area is 207 Å². The topological polar surface area (TPSA) is 84.5 Å². The summed E-state index contributed by atoms with van der Waals surface area (Å²) in [5, 5.41) is 3.00. The average molecular weight is 554 g/mol. The van der Waals surface area contributed by atoms with E-state index in [-0.39, 0.29) is 26.4 Å². The molecule has 180 valence electrons. The fourth-order valence-corrected chi connectivity index (χ4v) is 4.49. The van der Waals surface area contributed by atoms with Crippen molar-refractivity contribution in [2.24, 2.45) is 0 Å². The van der Waals surface area contributed by atoms with Crippen LogP contribution in [0.25, 0.3) is 0 Å². The van der Waals surface area contributed by atoms with E-state index in [1.54, 1.807) is 0 Å². The van der Waals surface area contributed by atoms with Gasteiger partial charge in [-0.15, -0.1) is 0 Å². The molecular weight excluding hydrogens is 540 g/mol.